The van der Waals surface area contributed by atoms with E-state index in [0.29, 0.717) is 17.3 Å². The summed E-state index contributed by atoms with van der Waals surface area (Å²) in [5.74, 6) is 1.11. The van der Waals surface area contributed by atoms with Gasteiger partial charge in [-0.25, -0.2) is 4.98 Å². The number of anilines is 1. The van der Waals surface area contributed by atoms with Gasteiger partial charge in [0.05, 0.1) is 12.0 Å². The van der Waals surface area contributed by atoms with Crippen molar-refractivity contribution in [1.82, 2.24) is 9.55 Å². The summed E-state index contributed by atoms with van der Waals surface area (Å²) >= 11 is 0. The Morgan fingerprint density at radius 1 is 1.29 bits per heavy atom. The number of imidazole rings is 1. The van der Waals surface area contributed by atoms with E-state index in [1.54, 1.807) is 31.6 Å². The Labute approximate surface area is 161 Å². The fraction of sp³-hybridized carbons (Fsp3) is 0.200. The first kappa shape index (κ1) is 19.1. The van der Waals surface area contributed by atoms with Gasteiger partial charge in [0, 0.05) is 31.1 Å². The highest BCUT2D eigenvalue weighted by molar-refractivity contribution is 5.95. The molecule has 0 bridgehead atoms. The lowest BCUT2D eigenvalue weighted by Crippen LogP contribution is -2.17. The van der Waals surface area contributed by atoms with E-state index >= 15 is 0 Å². The van der Waals surface area contributed by atoms with Gasteiger partial charge in [0.25, 0.3) is 5.69 Å². The summed E-state index contributed by atoms with van der Waals surface area (Å²) in [5.41, 5.74) is 1.24. The maximum Gasteiger partial charge on any atom is 0.293 e. The standard InChI is InChI=1S/C20H20N4O4/c1-13(25)14-7-8-17(18(12-14)24(26)27)22-19(20-21-9-10-23(20)2)15-5-4-6-16(11-15)28-3/h4-12,19,22H,1-3H3. The Balaban J connectivity index is 2.09. The molecule has 1 N–H and O–H groups in total. The first-order valence-electron chi connectivity index (χ1n) is 8.57. The monoisotopic (exact) mass is 380 g/mol. The number of nitrogens with zero attached hydrogens (tertiary/aromatic N) is 3. The third kappa shape index (κ3) is 3.85. The fourth-order valence-corrected chi connectivity index (χ4v) is 2.95. The maximum atomic E-state index is 11.6. The van der Waals surface area contributed by atoms with Gasteiger partial charge in [0.1, 0.15) is 23.3 Å². The molecule has 0 spiro atoms. The lowest BCUT2D eigenvalue weighted by molar-refractivity contribution is -0.384. The average molecular weight is 380 g/mol. The number of hydrogen-bond acceptors (Lipinski definition) is 6. The quantitative estimate of drug-likeness (QED) is 0.381. The number of ether oxygens (including phenoxy) is 1. The van der Waals surface area contributed by atoms with Crippen LogP contribution in [0.1, 0.15) is 34.7 Å². The van der Waals surface area contributed by atoms with Gasteiger partial charge in [-0.1, -0.05) is 12.1 Å². The molecule has 0 radical (unpaired) electrons. The van der Waals surface area contributed by atoms with Gasteiger partial charge in [0.15, 0.2) is 5.78 Å². The van der Waals surface area contributed by atoms with Crippen LogP contribution in [0.25, 0.3) is 0 Å². The number of methoxy groups -OCH3 is 1. The van der Waals surface area contributed by atoms with E-state index in [9.17, 15) is 14.9 Å². The Bertz CT molecular complexity index is 1030. The SMILES string of the molecule is COc1cccc(C(Nc2ccc(C(C)=O)cc2[N+](=O)[O-])c2nccn2C)c1. The van der Waals surface area contributed by atoms with Gasteiger partial charge >= 0.3 is 0 Å². The zero-order valence-electron chi connectivity index (χ0n) is 15.7. The van der Waals surface area contributed by atoms with Crippen molar-refractivity contribution in [3.8, 4) is 5.75 Å². The molecule has 1 heterocycles. The smallest absolute Gasteiger partial charge is 0.293 e. The van der Waals surface area contributed by atoms with Crippen LogP contribution in [0.15, 0.2) is 54.9 Å². The first-order chi connectivity index (χ1) is 13.4. The highest BCUT2D eigenvalue weighted by atomic mass is 16.6. The van der Waals surface area contributed by atoms with Gasteiger partial charge in [-0.3, -0.25) is 14.9 Å². The number of nitro benzene ring substituents is 1. The molecule has 0 aliphatic heterocycles. The Morgan fingerprint density at radius 3 is 2.68 bits per heavy atom. The second kappa shape index (κ2) is 7.91. The van der Waals surface area contributed by atoms with Gasteiger partial charge < -0.3 is 14.6 Å². The molecule has 0 saturated carbocycles. The lowest BCUT2D eigenvalue weighted by atomic mass is 10.0. The molecule has 8 nitrogen and oxygen atoms in total. The van der Waals surface area contributed by atoms with Crippen molar-refractivity contribution in [2.75, 3.05) is 12.4 Å². The molecule has 1 atom stereocenters. The number of ketones is 1. The molecule has 0 amide bonds. The highest BCUT2D eigenvalue weighted by Gasteiger charge is 2.24. The lowest BCUT2D eigenvalue weighted by Gasteiger charge is -2.21. The fourth-order valence-electron chi connectivity index (χ4n) is 2.95. The topological polar surface area (TPSA) is 99.3 Å². The number of benzene rings is 2. The predicted molar refractivity (Wildman–Crippen MR) is 105 cm³/mol. The zero-order valence-corrected chi connectivity index (χ0v) is 15.7. The van der Waals surface area contributed by atoms with Gasteiger partial charge in [-0.2, -0.15) is 0 Å². The Hall–Kier alpha value is -3.68. The van der Waals surface area contributed by atoms with Crippen molar-refractivity contribution in [3.63, 3.8) is 0 Å². The average Bonchev–Trinajstić information content (AvgIpc) is 3.11. The van der Waals surface area contributed by atoms with Crippen molar-refractivity contribution in [2.45, 2.75) is 13.0 Å². The van der Waals surface area contributed by atoms with E-state index in [4.69, 9.17) is 4.74 Å². The van der Waals surface area contributed by atoms with E-state index in [0.717, 1.165) is 5.56 Å². The van der Waals surface area contributed by atoms with Crippen LogP contribution >= 0.6 is 0 Å². The van der Waals surface area contributed by atoms with Crippen LogP contribution in [-0.4, -0.2) is 27.4 Å². The summed E-state index contributed by atoms with van der Waals surface area (Å²) in [6.07, 6.45) is 3.47. The number of aromatic nitrogens is 2. The van der Waals surface area contributed by atoms with Crippen LogP contribution in [0, 0.1) is 10.1 Å². The van der Waals surface area contributed by atoms with Crippen molar-refractivity contribution < 1.29 is 14.5 Å². The third-order valence-corrected chi connectivity index (χ3v) is 4.44. The highest BCUT2D eigenvalue weighted by Crippen LogP contribution is 2.33. The molecule has 0 aliphatic rings. The molecule has 144 valence electrons. The molecule has 0 saturated heterocycles. The van der Waals surface area contributed by atoms with Crippen LogP contribution in [0.2, 0.25) is 0 Å². The van der Waals surface area contributed by atoms with Crippen LogP contribution < -0.4 is 10.1 Å². The molecule has 28 heavy (non-hydrogen) atoms. The van der Waals surface area contributed by atoms with Gasteiger partial charge in [0.2, 0.25) is 0 Å². The number of Topliss-reactive ketones (excluding diaryl/α,β-unsaturated/α-hetero) is 1. The second-order valence-corrected chi connectivity index (χ2v) is 6.30. The van der Waals surface area contributed by atoms with Crippen LogP contribution in [-0.2, 0) is 7.05 Å². The molecule has 2 aromatic carbocycles. The molecule has 3 rings (SSSR count). The summed E-state index contributed by atoms with van der Waals surface area (Å²) in [5, 5.41) is 14.8. The minimum absolute atomic E-state index is 0.171. The number of nitro groups is 1. The molecule has 0 aliphatic carbocycles. The number of rotatable bonds is 7. The molecule has 8 heteroatoms. The summed E-state index contributed by atoms with van der Waals surface area (Å²) < 4.78 is 7.15. The summed E-state index contributed by atoms with van der Waals surface area (Å²) in [6, 6.07) is 11.3. The molecule has 1 aromatic heterocycles. The van der Waals surface area contributed by atoms with E-state index in [-0.39, 0.29) is 17.0 Å². The second-order valence-electron chi connectivity index (χ2n) is 6.30. The van der Waals surface area contributed by atoms with E-state index in [1.165, 1.54) is 13.0 Å². The predicted octanol–water partition coefficient (Wildman–Crippen LogP) is 3.74. The number of carbonyl (C=O) groups is 1. The maximum absolute atomic E-state index is 11.6. The van der Waals surface area contributed by atoms with Crippen LogP contribution in [0.5, 0.6) is 5.75 Å². The molecule has 0 fully saturated rings. The minimum atomic E-state index is -0.504. The molecular formula is C20H20N4O4. The van der Waals surface area contributed by atoms with Crippen molar-refractivity contribution in [1.29, 1.82) is 0 Å². The van der Waals surface area contributed by atoms with Crippen molar-refractivity contribution >= 4 is 17.2 Å². The largest absolute Gasteiger partial charge is 0.497 e. The Morgan fingerprint density at radius 2 is 2.07 bits per heavy atom. The summed E-state index contributed by atoms with van der Waals surface area (Å²) in [7, 11) is 3.43. The molecule has 3 aromatic rings. The van der Waals surface area contributed by atoms with Gasteiger partial charge in [-0.05, 0) is 36.8 Å². The van der Waals surface area contributed by atoms with Gasteiger partial charge in [-0.15, -0.1) is 0 Å². The zero-order chi connectivity index (χ0) is 20.3. The van der Waals surface area contributed by atoms with E-state index in [1.807, 2.05) is 35.9 Å². The van der Waals surface area contributed by atoms with Crippen LogP contribution in [0.3, 0.4) is 0 Å². The van der Waals surface area contributed by atoms with Crippen molar-refractivity contribution in [2.24, 2.45) is 7.05 Å². The number of hydrogen-bond donors (Lipinski definition) is 1. The third-order valence-electron chi connectivity index (χ3n) is 4.44. The first-order valence-corrected chi connectivity index (χ1v) is 8.57. The number of carbonyl (C=O) groups excluding carboxylic acids is 1. The minimum Gasteiger partial charge on any atom is -0.497 e. The van der Waals surface area contributed by atoms with E-state index < -0.39 is 11.0 Å². The number of nitrogens with one attached hydrogen (secondary N) is 1. The summed E-state index contributed by atoms with van der Waals surface area (Å²) in [6.45, 7) is 1.37. The molecular weight excluding hydrogens is 360 g/mol. The normalized spacial score (nSPS) is 11.7. The molecule has 1 unspecified atom stereocenters. The Kier molecular flexibility index (Phi) is 5.39. The van der Waals surface area contributed by atoms with E-state index in [2.05, 4.69) is 10.3 Å². The summed E-state index contributed by atoms with van der Waals surface area (Å²) in [4.78, 5) is 27.1. The number of aryl methyl sites for hydroxylation is 1. The van der Waals surface area contributed by atoms with Crippen molar-refractivity contribution in [3.05, 3.63) is 81.9 Å². The van der Waals surface area contributed by atoms with Crippen LogP contribution in [0.4, 0.5) is 11.4 Å².